The van der Waals surface area contributed by atoms with Crippen LogP contribution in [0.4, 0.5) is 0 Å². The van der Waals surface area contributed by atoms with Gasteiger partial charge in [0, 0.05) is 12.6 Å². The highest BCUT2D eigenvalue weighted by molar-refractivity contribution is 4.80. The van der Waals surface area contributed by atoms with Gasteiger partial charge in [0.25, 0.3) is 0 Å². The van der Waals surface area contributed by atoms with Crippen LogP contribution >= 0.6 is 0 Å². The molecule has 0 aromatic heterocycles. The molecule has 0 fully saturated rings. The second-order valence-corrected chi connectivity index (χ2v) is 6.09. The molecule has 104 valence electrons. The molecule has 0 aliphatic rings. The van der Waals surface area contributed by atoms with E-state index in [2.05, 4.69) is 46.9 Å². The monoisotopic (exact) mass is 243 g/mol. The van der Waals surface area contributed by atoms with E-state index in [1.54, 1.807) is 0 Å². The summed E-state index contributed by atoms with van der Waals surface area (Å²) in [6, 6.07) is 0.455. The molecule has 1 unspecified atom stereocenters. The molecule has 0 amide bonds. The summed E-state index contributed by atoms with van der Waals surface area (Å²) in [5.41, 5.74) is 0.267. The van der Waals surface area contributed by atoms with E-state index in [1.165, 1.54) is 19.3 Å². The molecule has 0 bridgehead atoms. The third kappa shape index (κ3) is 7.77. The number of hydrogen-bond donors (Lipinski definition) is 1. The summed E-state index contributed by atoms with van der Waals surface area (Å²) in [6.45, 7) is 16.4. The van der Waals surface area contributed by atoms with Gasteiger partial charge in [-0.05, 0) is 24.3 Å². The zero-order chi connectivity index (χ0) is 13.3. The second kappa shape index (κ2) is 8.93. The Morgan fingerprint density at radius 2 is 1.59 bits per heavy atom. The molecule has 0 heterocycles. The van der Waals surface area contributed by atoms with Crippen LogP contribution in [-0.2, 0) is 4.74 Å². The Morgan fingerprint density at radius 3 is 2.00 bits per heavy atom. The largest absolute Gasteiger partial charge is 0.380 e. The van der Waals surface area contributed by atoms with Crippen molar-refractivity contribution in [3.63, 3.8) is 0 Å². The fourth-order valence-electron chi connectivity index (χ4n) is 1.81. The zero-order valence-electron chi connectivity index (χ0n) is 12.8. The van der Waals surface area contributed by atoms with Gasteiger partial charge < -0.3 is 10.1 Å². The lowest BCUT2D eigenvalue weighted by Crippen LogP contribution is -2.44. The molecular weight excluding hydrogens is 210 g/mol. The topological polar surface area (TPSA) is 21.3 Å². The third-order valence-corrected chi connectivity index (χ3v) is 3.48. The first-order valence-corrected chi connectivity index (χ1v) is 7.26. The van der Waals surface area contributed by atoms with E-state index in [4.69, 9.17) is 4.74 Å². The predicted molar refractivity (Wildman–Crippen MR) is 76.4 cm³/mol. The minimum Gasteiger partial charge on any atom is -0.380 e. The first kappa shape index (κ1) is 16.9. The van der Waals surface area contributed by atoms with Crippen LogP contribution in [0.5, 0.6) is 0 Å². The Bertz CT molecular complexity index is 170. The summed E-state index contributed by atoms with van der Waals surface area (Å²) in [5.74, 6) is 0.724. The van der Waals surface area contributed by atoms with Gasteiger partial charge in [-0.25, -0.2) is 0 Å². The summed E-state index contributed by atoms with van der Waals surface area (Å²) in [6.07, 6.45) is 3.62. The Kier molecular flexibility index (Phi) is 8.89. The molecule has 17 heavy (non-hydrogen) atoms. The Morgan fingerprint density at radius 1 is 1.00 bits per heavy atom. The maximum atomic E-state index is 5.90. The van der Waals surface area contributed by atoms with E-state index < -0.39 is 0 Å². The Labute approximate surface area is 109 Å². The van der Waals surface area contributed by atoms with Crippen LogP contribution in [-0.4, -0.2) is 25.8 Å². The van der Waals surface area contributed by atoms with E-state index >= 15 is 0 Å². The molecule has 0 spiro atoms. The van der Waals surface area contributed by atoms with Crippen LogP contribution in [0.15, 0.2) is 0 Å². The summed E-state index contributed by atoms with van der Waals surface area (Å²) >= 11 is 0. The zero-order valence-corrected chi connectivity index (χ0v) is 12.8. The van der Waals surface area contributed by atoms with Gasteiger partial charge in [-0.2, -0.15) is 0 Å². The molecule has 0 saturated heterocycles. The summed E-state index contributed by atoms with van der Waals surface area (Å²) in [4.78, 5) is 0. The van der Waals surface area contributed by atoms with E-state index in [0.29, 0.717) is 6.04 Å². The van der Waals surface area contributed by atoms with Crippen molar-refractivity contribution in [3.05, 3.63) is 0 Å². The van der Waals surface area contributed by atoms with Crippen molar-refractivity contribution in [1.82, 2.24) is 5.32 Å². The van der Waals surface area contributed by atoms with Crippen molar-refractivity contribution in [2.45, 2.75) is 66.8 Å². The van der Waals surface area contributed by atoms with Crippen molar-refractivity contribution in [2.24, 2.45) is 11.3 Å². The molecule has 2 heteroatoms. The van der Waals surface area contributed by atoms with Crippen LogP contribution in [0.3, 0.4) is 0 Å². The normalized spacial score (nSPS) is 14.3. The number of rotatable bonds is 9. The highest BCUT2D eigenvalue weighted by atomic mass is 16.5. The molecule has 0 aromatic carbocycles. The van der Waals surface area contributed by atoms with Gasteiger partial charge in [0.1, 0.15) is 0 Å². The van der Waals surface area contributed by atoms with Crippen molar-refractivity contribution in [2.75, 3.05) is 19.8 Å². The summed E-state index contributed by atoms with van der Waals surface area (Å²) < 4.78 is 5.90. The molecule has 2 nitrogen and oxygen atoms in total. The van der Waals surface area contributed by atoms with Gasteiger partial charge in [-0.15, -0.1) is 0 Å². The smallest absolute Gasteiger partial charge is 0.0624 e. The molecule has 1 N–H and O–H groups in total. The molecular formula is C15H33NO. The lowest BCUT2D eigenvalue weighted by Gasteiger charge is -2.32. The fourth-order valence-corrected chi connectivity index (χ4v) is 1.81. The first-order valence-electron chi connectivity index (χ1n) is 7.26. The van der Waals surface area contributed by atoms with Gasteiger partial charge in [-0.3, -0.25) is 0 Å². The van der Waals surface area contributed by atoms with Crippen LogP contribution in [0.1, 0.15) is 60.8 Å². The molecule has 0 radical (unpaired) electrons. The van der Waals surface area contributed by atoms with Gasteiger partial charge in [0.05, 0.1) is 6.61 Å². The maximum absolute atomic E-state index is 5.90. The van der Waals surface area contributed by atoms with E-state index in [9.17, 15) is 0 Å². The highest BCUT2D eigenvalue weighted by Crippen LogP contribution is 2.20. The van der Waals surface area contributed by atoms with Crippen LogP contribution in [0, 0.1) is 11.3 Å². The molecule has 0 aromatic rings. The number of nitrogens with one attached hydrogen (secondary N) is 1. The lowest BCUT2D eigenvalue weighted by molar-refractivity contribution is 0.0519. The average Bonchev–Trinajstić information content (AvgIpc) is 2.26. The van der Waals surface area contributed by atoms with E-state index in [1.807, 2.05) is 0 Å². The number of ether oxygens (including phenoxy) is 1. The SMILES string of the molecule is CCCNC(COCC(CC)CC)C(C)(C)C. The predicted octanol–water partition coefficient (Wildman–Crippen LogP) is 3.85. The average molecular weight is 243 g/mol. The highest BCUT2D eigenvalue weighted by Gasteiger charge is 2.24. The van der Waals surface area contributed by atoms with Crippen molar-refractivity contribution >= 4 is 0 Å². The first-order chi connectivity index (χ1) is 7.95. The minimum absolute atomic E-state index is 0.267. The van der Waals surface area contributed by atoms with Gasteiger partial charge in [0.15, 0.2) is 0 Å². The molecule has 0 rings (SSSR count). The van der Waals surface area contributed by atoms with Crippen LogP contribution in [0.2, 0.25) is 0 Å². The second-order valence-electron chi connectivity index (χ2n) is 6.09. The summed E-state index contributed by atoms with van der Waals surface area (Å²) in [7, 11) is 0. The molecule has 1 atom stereocenters. The van der Waals surface area contributed by atoms with Gasteiger partial charge >= 0.3 is 0 Å². The van der Waals surface area contributed by atoms with Crippen LogP contribution in [0.25, 0.3) is 0 Å². The quantitative estimate of drug-likeness (QED) is 0.664. The Hall–Kier alpha value is -0.0800. The molecule has 0 aliphatic heterocycles. The van der Waals surface area contributed by atoms with E-state index in [0.717, 1.165) is 25.7 Å². The van der Waals surface area contributed by atoms with E-state index in [-0.39, 0.29) is 5.41 Å². The molecule has 0 aliphatic carbocycles. The lowest BCUT2D eigenvalue weighted by atomic mass is 9.87. The fraction of sp³-hybridized carbons (Fsp3) is 1.00. The van der Waals surface area contributed by atoms with Gasteiger partial charge in [0.2, 0.25) is 0 Å². The number of hydrogen-bond acceptors (Lipinski definition) is 2. The van der Waals surface area contributed by atoms with Crippen molar-refractivity contribution in [3.8, 4) is 0 Å². The Balaban J connectivity index is 3.99. The van der Waals surface area contributed by atoms with Crippen molar-refractivity contribution < 1.29 is 4.74 Å². The summed E-state index contributed by atoms with van der Waals surface area (Å²) in [5, 5.41) is 3.59. The molecule has 0 saturated carbocycles. The van der Waals surface area contributed by atoms with Crippen LogP contribution < -0.4 is 5.32 Å². The standard InChI is InChI=1S/C15H33NO/c1-7-10-16-14(15(4,5)6)12-17-11-13(8-2)9-3/h13-14,16H,7-12H2,1-6H3. The minimum atomic E-state index is 0.267. The maximum Gasteiger partial charge on any atom is 0.0624 e. The third-order valence-electron chi connectivity index (χ3n) is 3.48. The van der Waals surface area contributed by atoms with Gasteiger partial charge in [-0.1, -0.05) is 54.4 Å². The van der Waals surface area contributed by atoms with Crippen molar-refractivity contribution in [1.29, 1.82) is 0 Å².